The first kappa shape index (κ1) is 15.0. The van der Waals surface area contributed by atoms with Gasteiger partial charge in [-0.3, -0.25) is 4.79 Å². The van der Waals surface area contributed by atoms with E-state index in [1.54, 1.807) is 0 Å². The molecular formula is C13H23NO4. The van der Waals surface area contributed by atoms with Gasteiger partial charge in [0.15, 0.2) is 6.10 Å². The number of methoxy groups -OCH3 is 1. The molecule has 0 aliphatic heterocycles. The van der Waals surface area contributed by atoms with Crippen LogP contribution in [0.4, 0.5) is 0 Å². The summed E-state index contributed by atoms with van der Waals surface area (Å²) in [6.45, 7) is 2.00. The zero-order chi connectivity index (χ0) is 13.6. The van der Waals surface area contributed by atoms with E-state index in [9.17, 15) is 9.59 Å². The average molecular weight is 257 g/mol. The Morgan fingerprint density at radius 1 is 1.28 bits per heavy atom. The summed E-state index contributed by atoms with van der Waals surface area (Å²) in [6, 6.07) is 0. The number of ether oxygens (including phenoxy) is 1. The Morgan fingerprint density at radius 3 is 2.28 bits per heavy atom. The highest BCUT2D eigenvalue weighted by Crippen LogP contribution is 2.34. The fourth-order valence-electron chi connectivity index (χ4n) is 2.41. The second-order valence-corrected chi connectivity index (χ2v) is 5.25. The summed E-state index contributed by atoms with van der Waals surface area (Å²) < 4.78 is 4.79. The molecule has 18 heavy (non-hydrogen) atoms. The second kappa shape index (κ2) is 6.73. The Hall–Kier alpha value is -1.10. The van der Waals surface area contributed by atoms with E-state index in [4.69, 9.17) is 9.84 Å². The largest absolute Gasteiger partial charge is 0.479 e. The predicted octanol–water partition coefficient (Wildman–Crippen LogP) is 1.56. The summed E-state index contributed by atoms with van der Waals surface area (Å²) in [5, 5.41) is 11.5. The minimum Gasteiger partial charge on any atom is -0.479 e. The Labute approximate surface area is 108 Å². The molecular weight excluding hydrogens is 234 g/mol. The number of aliphatic carboxylic acids is 1. The van der Waals surface area contributed by atoms with E-state index in [0.29, 0.717) is 0 Å². The number of carboxylic acids is 1. The lowest BCUT2D eigenvalue weighted by Gasteiger charge is -2.27. The van der Waals surface area contributed by atoms with Gasteiger partial charge < -0.3 is 15.2 Å². The molecule has 1 saturated carbocycles. The first-order valence-corrected chi connectivity index (χ1v) is 6.53. The minimum absolute atomic E-state index is 0.0280. The number of carboxylic acid groups (broad SMARTS) is 1. The van der Waals surface area contributed by atoms with Crippen molar-refractivity contribution in [2.75, 3.05) is 13.7 Å². The number of nitrogens with one attached hydrogen (secondary N) is 1. The van der Waals surface area contributed by atoms with Crippen LogP contribution in [-0.4, -0.2) is 36.7 Å². The van der Waals surface area contributed by atoms with E-state index in [0.717, 1.165) is 25.7 Å². The lowest BCUT2D eigenvalue weighted by atomic mass is 9.81. The lowest BCUT2D eigenvalue weighted by molar-refractivity contribution is -0.148. The molecule has 0 aromatic rings. The predicted molar refractivity (Wildman–Crippen MR) is 67.3 cm³/mol. The van der Waals surface area contributed by atoms with Gasteiger partial charge in [0.2, 0.25) is 5.91 Å². The van der Waals surface area contributed by atoms with Gasteiger partial charge in [-0.1, -0.05) is 32.6 Å². The zero-order valence-electron chi connectivity index (χ0n) is 11.2. The zero-order valence-corrected chi connectivity index (χ0v) is 11.2. The molecule has 1 rings (SSSR count). The van der Waals surface area contributed by atoms with Crippen LogP contribution in [0.3, 0.4) is 0 Å². The van der Waals surface area contributed by atoms with Crippen LogP contribution >= 0.6 is 0 Å². The first-order chi connectivity index (χ1) is 8.49. The molecule has 104 valence electrons. The molecule has 1 fully saturated rings. The fourth-order valence-corrected chi connectivity index (χ4v) is 2.41. The van der Waals surface area contributed by atoms with Gasteiger partial charge in [-0.15, -0.1) is 0 Å². The SMILES string of the molecule is COC(CNC(=O)C1(C)CCCCCC1)C(=O)O. The van der Waals surface area contributed by atoms with Gasteiger partial charge in [0.25, 0.3) is 0 Å². The molecule has 1 amide bonds. The summed E-state index contributed by atoms with van der Waals surface area (Å²) in [5.41, 5.74) is -0.354. The molecule has 0 bridgehead atoms. The normalized spacial score (nSPS) is 20.8. The number of amides is 1. The lowest BCUT2D eigenvalue weighted by Crippen LogP contribution is -2.44. The van der Waals surface area contributed by atoms with Crippen LogP contribution in [0, 0.1) is 5.41 Å². The highest BCUT2D eigenvalue weighted by atomic mass is 16.5. The van der Waals surface area contributed by atoms with Crippen molar-refractivity contribution in [3.8, 4) is 0 Å². The smallest absolute Gasteiger partial charge is 0.334 e. The minimum atomic E-state index is -1.05. The maximum absolute atomic E-state index is 12.2. The molecule has 1 aliphatic rings. The van der Waals surface area contributed by atoms with E-state index in [-0.39, 0.29) is 17.9 Å². The highest BCUT2D eigenvalue weighted by Gasteiger charge is 2.34. The Bertz CT molecular complexity index is 295. The summed E-state index contributed by atoms with van der Waals surface area (Å²) in [7, 11) is 1.33. The van der Waals surface area contributed by atoms with Gasteiger partial charge in [-0.05, 0) is 12.8 Å². The second-order valence-electron chi connectivity index (χ2n) is 5.25. The Kier molecular flexibility index (Phi) is 5.59. The number of carbonyl (C=O) groups excluding carboxylic acids is 1. The van der Waals surface area contributed by atoms with Crippen molar-refractivity contribution in [3.05, 3.63) is 0 Å². The molecule has 5 heteroatoms. The van der Waals surface area contributed by atoms with E-state index in [1.807, 2.05) is 6.92 Å². The molecule has 0 spiro atoms. The van der Waals surface area contributed by atoms with Crippen LogP contribution in [0.2, 0.25) is 0 Å². The third-order valence-electron chi connectivity index (χ3n) is 3.76. The average Bonchev–Trinajstić information content (AvgIpc) is 2.55. The third kappa shape index (κ3) is 3.98. The number of rotatable bonds is 5. The molecule has 2 N–H and O–H groups in total. The summed E-state index contributed by atoms with van der Waals surface area (Å²) >= 11 is 0. The van der Waals surface area contributed by atoms with Crippen molar-refractivity contribution in [1.82, 2.24) is 5.32 Å². The first-order valence-electron chi connectivity index (χ1n) is 6.53. The highest BCUT2D eigenvalue weighted by molar-refractivity contribution is 5.83. The van der Waals surface area contributed by atoms with Gasteiger partial charge in [0.05, 0.1) is 6.54 Å². The number of hydrogen-bond acceptors (Lipinski definition) is 3. The molecule has 0 radical (unpaired) electrons. The van der Waals surface area contributed by atoms with Crippen molar-refractivity contribution >= 4 is 11.9 Å². The van der Waals surface area contributed by atoms with E-state index < -0.39 is 12.1 Å². The molecule has 1 atom stereocenters. The van der Waals surface area contributed by atoms with Crippen molar-refractivity contribution in [3.63, 3.8) is 0 Å². The van der Waals surface area contributed by atoms with Crippen LogP contribution < -0.4 is 5.32 Å². The fraction of sp³-hybridized carbons (Fsp3) is 0.846. The Morgan fingerprint density at radius 2 is 1.83 bits per heavy atom. The van der Waals surface area contributed by atoms with Crippen molar-refractivity contribution in [2.45, 2.75) is 51.6 Å². The van der Waals surface area contributed by atoms with Crippen LogP contribution in [0.1, 0.15) is 45.4 Å². The summed E-state index contributed by atoms with van der Waals surface area (Å²) in [5.74, 6) is -1.10. The topological polar surface area (TPSA) is 75.6 Å². The van der Waals surface area contributed by atoms with Crippen LogP contribution in [-0.2, 0) is 14.3 Å². The molecule has 0 aromatic heterocycles. The van der Waals surface area contributed by atoms with E-state index in [1.165, 1.54) is 20.0 Å². The third-order valence-corrected chi connectivity index (χ3v) is 3.76. The molecule has 5 nitrogen and oxygen atoms in total. The van der Waals surface area contributed by atoms with Gasteiger partial charge >= 0.3 is 5.97 Å². The molecule has 1 aliphatic carbocycles. The summed E-state index contributed by atoms with van der Waals surface area (Å²) in [6.07, 6.45) is 5.28. The van der Waals surface area contributed by atoms with Crippen LogP contribution in [0.5, 0.6) is 0 Å². The van der Waals surface area contributed by atoms with E-state index >= 15 is 0 Å². The summed E-state index contributed by atoms with van der Waals surface area (Å²) in [4.78, 5) is 22.9. The van der Waals surface area contributed by atoms with Gasteiger partial charge in [-0.25, -0.2) is 4.79 Å². The Balaban J connectivity index is 2.50. The molecule has 1 unspecified atom stereocenters. The molecule has 0 saturated heterocycles. The van der Waals surface area contributed by atoms with E-state index in [2.05, 4.69) is 5.32 Å². The maximum atomic E-state index is 12.2. The van der Waals surface area contributed by atoms with Gasteiger partial charge in [0.1, 0.15) is 0 Å². The quantitative estimate of drug-likeness (QED) is 0.733. The van der Waals surface area contributed by atoms with Gasteiger partial charge in [0, 0.05) is 12.5 Å². The maximum Gasteiger partial charge on any atom is 0.334 e. The standard InChI is InChI=1S/C13H23NO4/c1-13(7-5-3-4-6-8-13)12(17)14-9-10(18-2)11(15)16/h10H,3-9H2,1-2H3,(H,14,17)(H,15,16). The molecule has 0 aromatic carbocycles. The van der Waals surface area contributed by atoms with Crippen LogP contribution in [0.15, 0.2) is 0 Å². The van der Waals surface area contributed by atoms with Crippen LogP contribution in [0.25, 0.3) is 0 Å². The van der Waals surface area contributed by atoms with Crippen molar-refractivity contribution in [1.29, 1.82) is 0 Å². The number of hydrogen-bond donors (Lipinski definition) is 2. The monoisotopic (exact) mass is 257 g/mol. The van der Waals surface area contributed by atoms with Gasteiger partial charge in [-0.2, -0.15) is 0 Å². The number of carbonyl (C=O) groups is 2. The van der Waals surface area contributed by atoms with Crippen molar-refractivity contribution < 1.29 is 19.4 Å². The molecule has 0 heterocycles. The van der Waals surface area contributed by atoms with Crippen molar-refractivity contribution in [2.24, 2.45) is 5.41 Å².